The standard InChI is InChI=1S/C6H10O10S/c7-1-2-3(8)4(9)5(10)6(11,14-2)16-17(12,13)15-5/h2-4,7-11H,1H2/t2-,3+,4+,5-,6-/m1/s1. The molecule has 11 heteroatoms. The number of rotatable bonds is 1. The number of hydrogen-bond acceptors (Lipinski definition) is 10. The Morgan fingerprint density at radius 2 is 1.76 bits per heavy atom. The van der Waals surface area contributed by atoms with Gasteiger partial charge < -0.3 is 30.3 Å². The lowest BCUT2D eigenvalue weighted by molar-refractivity contribution is -0.475. The third-order valence-corrected chi connectivity index (χ3v) is 3.38. The van der Waals surface area contributed by atoms with Gasteiger partial charge in [-0.05, 0) is 0 Å². The van der Waals surface area contributed by atoms with Crippen LogP contribution in [0.5, 0.6) is 0 Å². The molecular formula is C6H10O10S. The van der Waals surface area contributed by atoms with Gasteiger partial charge in [-0.15, -0.1) is 0 Å². The van der Waals surface area contributed by atoms with Gasteiger partial charge in [0.15, 0.2) is 0 Å². The highest BCUT2D eigenvalue weighted by Crippen LogP contribution is 2.45. The van der Waals surface area contributed by atoms with Crippen LogP contribution in [0.1, 0.15) is 0 Å². The van der Waals surface area contributed by atoms with Gasteiger partial charge in [0.25, 0.3) is 5.79 Å². The average molecular weight is 274 g/mol. The van der Waals surface area contributed by atoms with E-state index < -0.39 is 47.1 Å². The van der Waals surface area contributed by atoms with Crippen LogP contribution in [0.25, 0.3) is 0 Å². The molecule has 0 spiro atoms. The van der Waals surface area contributed by atoms with Gasteiger partial charge in [-0.3, -0.25) is 0 Å². The van der Waals surface area contributed by atoms with E-state index in [1.165, 1.54) is 0 Å². The summed E-state index contributed by atoms with van der Waals surface area (Å²) in [5.41, 5.74) is 0. The molecule has 5 N–H and O–H groups in total. The molecule has 17 heavy (non-hydrogen) atoms. The highest BCUT2D eigenvalue weighted by Gasteiger charge is 2.74. The van der Waals surface area contributed by atoms with E-state index in [1.54, 1.807) is 0 Å². The summed E-state index contributed by atoms with van der Waals surface area (Å²) in [4.78, 5) is 0. The average Bonchev–Trinajstić information content (AvgIpc) is 2.39. The Balaban J connectivity index is 2.45. The first-order chi connectivity index (χ1) is 7.65. The van der Waals surface area contributed by atoms with E-state index >= 15 is 0 Å². The fourth-order valence-corrected chi connectivity index (χ4v) is 2.60. The molecule has 2 saturated heterocycles. The van der Waals surface area contributed by atoms with Crippen LogP contribution in [0.2, 0.25) is 0 Å². The number of fused-ring (bicyclic) bond motifs is 1. The Hall–Kier alpha value is -0.370. The fourth-order valence-electron chi connectivity index (χ4n) is 1.62. The third kappa shape index (κ3) is 1.68. The molecule has 0 aromatic carbocycles. The minimum atomic E-state index is -4.81. The van der Waals surface area contributed by atoms with E-state index in [1.807, 2.05) is 0 Å². The molecular weight excluding hydrogens is 264 g/mol. The van der Waals surface area contributed by atoms with Crippen LogP contribution in [-0.4, -0.2) is 70.6 Å². The summed E-state index contributed by atoms with van der Waals surface area (Å²) in [6.45, 7) is -0.861. The Labute approximate surface area is 94.9 Å². The number of hydrogen-bond donors (Lipinski definition) is 5. The predicted molar refractivity (Wildman–Crippen MR) is 45.0 cm³/mol. The zero-order valence-corrected chi connectivity index (χ0v) is 8.94. The number of aliphatic hydroxyl groups is 5. The maximum Gasteiger partial charge on any atom is 0.407 e. The monoisotopic (exact) mass is 274 g/mol. The fraction of sp³-hybridized carbons (Fsp3) is 1.00. The van der Waals surface area contributed by atoms with Crippen molar-refractivity contribution in [3.05, 3.63) is 0 Å². The molecule has 100 valence electrons. The Bertz CT molecular complexity index is 421. The topological polar surface area (TPSA) is 163 Å². The first-order valence-corrected chi connectivity index (χ1v) is 5.74. The summed E-state index contributed by atoms with van der Waals surface area (Å²) < 4.78 is 34.3. The lowest BCUT2D eigenvalue weighted by atomic mass is 9.94. The molecule has 2 aliphatic heterocycles. The van der Waals surface area contributed by atoms with Crippen molar-refractivity contribution >= 4 is 10.4 Å². The Kier molecular flexibility index (Phi) is 2.74. The normalized spacial score (nSPS) is 53.4. The van der Waals surface area contributed by atoms with Crippen LogP contribution in [0.3, 0.4) is 0 Å². The van der Waals surface area contributed by atoms with Crippen molar-refractivity contribution in [2.45, 2.75) is 30.1 Å². The first-order valence-electron chi connectivity index (χ1n) is 4.41. The van der Waals surface area contributed by atoms with Gasteiger partial charge in [-0.25, -0.2) is 4.18 Å². The third-order valence-electron chi connectivity index (χ3n) is 2.49. The molecule has 0 radical (unpaired) electrons. The minimum Gasteiger partial charge on any atom is -0.394 e. The SMILES string of the molecule is O=S1(=O)O[C@]2(O)O[C@H](CO)[C@H](O)[C@H](O)[C@@]2(O)O1. The van der Waals surface area contributed by atoms with Crippen LogP contribution in [-0.2, 0) is 23.5 Å². The van der Waals surface area contributed by atoms with Crippen molar-refractivity contribution in [3.8, 4) is 0 Å². The zero-order valence-electron chi connectivity index (χ0n) is 8.12. The van der Waals surface area contributed by atoms with Crippen LogP contribution in [0.4, 0.5) is 0 Å². The molecule has 0 aromatic rings. The summed E-state index contributed by atoms with van der Waals surface area (Å²) in [7, 11) is -4.81. The molecule has 2 aliphatic rings. The van der Waals surface area contributed by atoms with Crippen LogP contribution >= 0.6 is 0 Å². The zero-order chi connectivity index (χ0) is 13.1. The summed E-state index contributed by atoms with van der Waals surface area (Å²) in [5, 5.41) is 47.0. The molecule has 2 fully saturated rings. The Morgan fingerprint density at radius 1 is 1.18 bits per heavy atom. The van der Waals surface area contributed by atoms with Crippen molar-refractivity contribution in [2.24, 2.45) is 0 Å². The van der Waals surface area contributed by atoms with E-state index in [2.05, 4.69) is 13.1 Å². The molecule has 2 rings (SSSR count). The van der Waals surface area contributed by atoms with E-state index in [9.17, 15) is 28.8 Å². The smallest absolute Gasteiger partial charge is 0.394 e. The van der Waals surface area contributed by atoms with E-state index in [4.69, 9.17) is 5.11 Å². The highest BCUT2D eigenvalue weighted by atomic mass is 32.3. The second-order valence-electron chi connectivity index (χ2n) is 3.63. The molecule has 0 unspecified atom stereocenters. The number of ether oxygens (including phenoxy) is 1. The highest BCUT2D eigenvalue weighted by molar-refractivity contribution is 7.82. The van der Waals surface area contributed by atoms with Crippen LogP contribution in [0.15, 0.2) is 0 Å². The van der Waals surface area contributed by atoms with Gasteiger partial charge in [-0.2, -0.15) is 12.6 Å². The van der Waals surface area contributed by atoms with Crippen molar-refractivity contribution in [2.75, 3.05) is 6.61 Å². The second kappa shape index (κ2) is 3.57. The van der Waals surface area contributed by atoms with Crippen molar-refractivity contribution in [1.29, 1.82) is 0 Å². The van der Waals surface area contributed by atoms with Crippen LogP contribution in [0, 0.1) is 0 Å². The predicted octanol–water partition coefficient (Wildman–Crippen LogP) is -4.27. The van der Waals surface area contributed by atoms with Crippen molar-refractivity contribution in [1.82, 2.24) is 0 Å². The molecule has 0 aliphatic carbocycles. The molecule has 0 bridgehead atoms. The maximum absolute atomic E-state index is 11.0. The van der Waals surface area contributed by atoms with Crippen molar-refractivity contribution < 1.29 is 47.1 Å². The molecule has 5 atom stereocenters. The lowest BCUT2D eigenvalue weighted by Crippen LogP contribution is -2.71. The molecule has 2 heterocycles. The minimum absolute atomic E-state index is 0.861. The summed E-state index contributed by atoms with van der Waals surface area (Å²) >= 11 is 0. The molecule has 0 aromatic heterocycles. The summed E-state index contributed by atoms with van der Waals surface area (Å²) in [6.07, 6.45) is -5.72. The van der Waals surface area contributed by atoms with Gasteiger partial charge >= 0.3 is 16.4 Å². The van der Waals surface area contributed by atoms with E-state index in [-0.39, 0.29) is 0 Å². The Morgan fingerprint density at radius 3 is 2.29 bits per heavy atom. The van der Waals surface area contributed by atoms with Gasteiger partial charge in [0, 0.05) is 0 Å². The maximum atomic E-state index is 11.0. The second-order valence-corrected chi connectivity index (χ2v) is 4.78. The molecule has 0 amide bonds. The van der Waals surface area contributed by atoms with E-state index in [0.29, 0.717) is 0 Å². The quantitative estimate of drug-likeness (QED) is 0.316. The van der Waals surface area contributed by atoms with Gasteiger partial charge in [0.2, 0.25) is 0 Å². The van der Waals surface area contributed by atoms with Gasteiger partial charge in [0.05, 0.1) is 6.61 Å². The summed E-state index contributed by atoms with van der Waals surface area (Å²) in [6, 6.07) is 0. The van der Waals surface area contributed by atoms with Gasteiger partial charge in [0.1, 0.15) is 18.3 Å². The summed E-state index contributed by atoms with van der Waals surface area (Å²) in [5.74, 6) is -6.45. The van der Waals surface area contributed by atoms with Crippen molar-refractivity contribution in [3.63, 3.8) is 0 Å². The van der Waals surface area contributed by atoms with E-state index in [0.717, 1.165) is 0 Å². The lowest BCUT2D eigenvalue weighted by Gasteiger charge is -2.44. The van der Waals surface area contributed by atoms with Gasteiger partial charge in [-0.1, -0.05) is 0 Å². The number of aliphatic hydroxyl groups excluding tert-OH is 3. The largest absolute Gasteiger partial charge is 0.407 e. The first kappa shape index (κ1) is 13.1. The van der Waals surface area contributed by atoms with Crippen LogP contribution < -0.4 is 0 Å². The molecule has 10 nitrogen and oxygen atoms in total. The molecule has 0 saturated carbocycles.